The molecule has 1 unspecified atom stereocenters. The number of rotatable bonds is 1. The van der Waals surface area contributed by atoms with Gasteiger partial charge in [0.15, 0.2) is 6.08 Å². The van der Waals surface area contributed by atoms with Gasteiger partial charge in [0, 0.05) is 5.02 Å². The molecule has 0 radical (unpaired) electrons. The summed E-state index contributed by atoms with van der Waals surface area (Å²) in [7, 11) is 0. The molecule has 72 valence electrons. The highest BCUT2D eigenvalue weighted by atomic mass is 35.5. The Morgan fingerprint density at radius 2 is 2.08 bits per heavy atom. The number of hydrogen-bond donors (Lipinski definition) is 1. The molecule has 0 bridgehead atoms. The zero-order chi connectivity index (χ0) is 11.0. The topological polar surface area (TPSA) is 20.2 Å². The summed E-state index contributed by atoms with van der Waals surface area (Å²) in [6.07, 6.45) is -8.66. The van der Waals surface area contributed by atoms with E-state index in [1.807, 2.05) is 0 Å². The fraction of sp³-hybridized carbons (Fsp3) is 0.250. The highest BCUT2D eigenvalue weighted by Gasteiger charge is 2.39. The van der Waals surface area contributed by atoms with Crippen LogP contribution >= 0.6 is 11.6 Å². The summed E-state index contributed by atoms with van der Waals surface area (Å²) >= 11 is 5.44. The molecule has 1 nitrogen and oxygen atoms in total. The molecular formula is C8H6ClF3O. The van der Waals surface area contributed by atoms with Crippen molar-refractivity contribution in [2.24, 2.45) is 0 Å². The second-order valence-corrected chi connectivity index (χ2v) is 2.79. The molecule has 0 fully saturated rings. The molecule has 0 aliphatic heterocycles. The Labute approximate surface area is 79.2 Å². The first kappa shape index (κ1) is 8.84. The third-order valence-corrected chi connectivity index (χ3v) is 1.60. The van der Waals surface area contributed by atoms with Crippen LogP contribution in [0.15, 0.2) is 24.3 Å². The Hall–Kier alpha value is -0.740. The molecule has 1 rings (SSSR count). The van der Waals surface area contributed by atoms with Crippen molar-refractivity contribution in [1.82, 2.24) is 0 Å². The van der Waals surface area contributed by atoms with E-state index in [2.05, 4.69) is 0 Å². The van der Waals surface area contributed by atoms with E-state index in [-0.39, 0.29) is 5.02 Å². The lowest BCUT2D eigenvalue weighted by atomic mass is 10.1. The van der Waals surface area contributed by atoms with E-state index < -0.39 is 17.8 Å². The van der Waals surface area contributed by atoms with E-state index in [4.69, 9.17) is 18.1 Å². The van der Waals surface area contributed by atoms with Gasteiger partial charge in [0.25, 0.3) is 0 Å². The fourth-order valence-electron chi connectivity index (χ4n) is 0.799. The van der Waals surface area contributed by atoms with Crippen LogP contribution in [0.3, 0.4) is 0 Å². The van der Waals surface area contributed by atoms with Crippen LogP contribution in [0, 0.1) is 0 Å². The van der Waals surface area contributed by atoms with Crippen LogP contribution in [0.2, 0.25) is 5.02 Å². The molecule has 0 spiro atoms. The molecule has 1 atom stereocenters. The van der Waals surface area contributed by atoms with Gasteiger partial charge in [0.2, 0.25) is 0 Å². The summed E-state index contributed by atoms with van der Waals surface area (Å²) in [5.74, 6) is 0. The Balaban J connectivity index is 3.16. The molecule has 0 amide bonds. The summed E-state index contributed by atoms with van der Waals surface area (Å²) in [6, 6.07) is 4.49. The van der Waals surface area contributed by atoms with E-state index in [1.54, 1.807) is 0 Å². The number of benzene rings is 1. The summed E-state index contributed by atoms with van der Waals surface area (Å²) in [5.41, 5.74) is -0.600. The first-order chi connectivity index (χ1) is 6.25. The van der Waals surface area contributed by atoms with E-state index in [0.717, 1.165) is 12.1 Å². The predicted octanol–water partition coefficient (Wildman–Crippen LogP) is 2.94. The highest BCUT2D eigenvalue weighted by molar-refractivity contribution is 6.30. The van der Waals surface area contributed by atoms with E-state index in [9.17, 15) is 13.2 Å². The van der Waals surface area contributed by atoms with Crippen LogP contribution in [0.5, 0.6) is 0 Å². The number of hydrogen-bond acceptors (Lipinski definition) is 1. The zero-order valence-corrected chi connectivity index (χ0v) is 7.02. The maximum Gasteiger partial charge on any atom is 0.418 e. The van der Waals surface area contributed by atoms with Crippen LogP contribution < -0.4 is 0 Å². The Kier molecular flexibility index (Phi) is 2.42. The monoisotopic (exact) mass is 211 g/mol. The van der Waals surface area contributed by atoms with Gasteiger partial charge in [-0.15, -0.1) is 0 Å². The lowest BCUT2D eigenvalue weighted by Crippen LogP contribution is -2.19. The van der Waals surface area contributed by atoms with Gasteiger partial charge >= 0.3 is 6.18 Å². The minimum absolute atomic E-state index is 0.0393. The maximum atomic E-state index is 12.2. The third-order valence-electron chi connectivity index (χ3n) is 1.37. The van der Waals surface area contributed by atoms with Crippen molar-refractivity contribution in [2.75, 3.05) is 0 Å². The summed E-state index contributed by atoms with van der Waals surface area (Å²) < 4.78 is 43.3. The minimum Gasteiger partial charge on any atom is -0.379 e. The van der Waals surface area contributed by atoms with Crippen LogP contribution in [-0.4, -0.2) is 11.3 Å². The Bertz CT molecular complexity index is 338. The van der Waals surface area contributed by atoms with Crippen molar-refractivity contribution in [2.45, 2.75) is 12.3 Å². The lowest BCUT2D eigenvalue weighted by molar-refractivity contribution is -0.206. The largest absolute Gasteiger partial charge is 0.418 e. The number of alkyl halides is 3. The van der Waals surface area contributed by atoms with Gasteiger partial charge in [-0.05, 0) is 17.7 Å². The van der Waals surface area contributed by atoms with E-state index in [0.29, 0.717) is 0 Å². The molecule has 0 aliphatic carbocycles. The quantitative estimate of drug-likeness (QED) is 0.757. The Morgan fingerprint density at radius 3 is 2.54 bits per heavy atom. The fourth-order valence-corrected chi connectivity index (χ4v) is 0.990. The normalized spacial score (nSPS) is 17.8. The van der Waals surface area contributed by atoms with Gasteiger partial charge in [-0.25, -0.2) is 0 Å². The van der Waals surface area contributed by atoms with Crippen molar-refractivity contribution in [3.63, 3.8) is 0 Å². The van der Waals surface area contributed by atoms with E-state index >= 15 is 0 Å². The first-order valence-corrected chi connectivity index (χ1v) is 3.68. The van der Waals surface area contributed by atoms with Crippen LogP contribution in [0.25, 0.3) is 0 Å². The second kappa shape index (κ2) is 3.55. The van der Waals surface area contributed by atoms with Crippen molar-refractivity contribution >= 4 is 11.6 Å². The summed E-state index contributed by atoms with van der Waals surface area (Å²) in [4.78, 5) is 0. The van der Waals surface area contributed by atoms with Gasteiger partial charge in [-0.1, -0.05) is 23.7 Å². The Morgan fingerprint density at radius 1 is 1.46 bits per heavy atom. The third kappa shape index (κ3) is 2.60. The van der Waals surface area contributed by atoms with Gasteiger partial charge in [0.1, 0.15) is 0 Å². The molecule has 1 aromatic rings. The van der Waals surface area contributed by atoms with E-state index in [1.165, 1.54) is 12.1 Å². The van der Waals surface area contributed by atoms with Crippen LogP contribution in [-0.2, 0) is 0 Å². The van der Waals surface area contributed by atoms with Crippen molar-refractivity contribution in [3.8, 4) is 0 Å². The average molecular weight is 212 g/mol. The number of halogens is 4. The lowest BCUT2D eigenvalue weighted by Gasteiger charge is -2.14. The smallest absolute Gasteiger partial charge is 0.379 e. The molecule has 0 saturated heterocycles. The zero-order valence-electron chi connectivity index (χ0n) is 7.27. The van der Waals surface area contributed by atoms with Gasteiger partial charge < -0.3 is 5.11 Å². The highest BCUT2D eigenvalue weighted by Crippen LogP contribution is 2.32. The van der Waals surface area contributed by atoms with Crippen molar-refractivity contribution in [1.29, 1.82) is 0 Å². The molecule has 0 aliphatic rings. The first-order valence-electron chi connectivity index (χ1n) is 3.80. The van der Waals surface area contributed by atoms with Gasteiger partial charge in [-0.3, -0.25) is 0 Å². The van der Waals surface area contributed by atoms with Crippen molar-refractivity contribution in [3.05, 3.63) is 34.9 Å². The molecule has 0 aromatic heterocycles. The van der Waals surface area contributed by atoms with Gasteiger partial charge in [-0.2, -0.15) is 13.2 Å². The average Bonchev–Trinajstić information content (AvgIpc) is 2.02. The molecule has 0 heterocycles. The van der Waals surface area contributed by atoms with Crippen LogP contribution in [0.4, 0.5) is 13.2 Å². The SMILES string of the molecule is [2H]C(O)(c1cccc(Cl)c1)C(F)(F)F. The molecule has 5 heteroatoms. The van der Waals surface area contributed by atoms with Crippen molar-refractivity contribution < 1.29 is 19.6 Å². The predicted molar refractivity (Wildman–Crippen MR) is 42.5 cm³/mol. The molecule has 0 saturated carbocycles. The molecular weight excluding hydrogens is 205 g/mol. The minimum atomic E-state index is -5.04. The summed E-state index contributed by atoms with van der Waals surface area (Å²) in [6.45, 7) is 0. The van der Waals surface area contributed by atoms with Gasteiger partial charge in [0.05, 0.1) is 1.37 Å². The second-order valence-electron chi connectivity index (χ2n) is 2.36. The molecule has 13 heavy (non-hydrogen) atoms. The number of aliphatic hydroxyl groups is 1. The molecule has 1 aromatic carbocycles. The standard InChI is InChI=1S/C8H6ClF3O/c9-6-3-1-2-5(4-6)7(13)8(10,11)12/h1-4,7,13H/i7D. The van der Waals surface area contributed by atoms with Crippen LogP contribution in [0.1, 0.15) is 13.0 Å². The molecule has 1 N–H and O–H groups in total. The summed E-state index contributed by atoms with van der Waals surface area (Å²) in [5, 5.41) is 8.97. The maximum absolute atomic E-state index is 12.2.